The minimum atomic E-state index is -4.15. The van der Waals surface area contributed by atoms with Gasteiger partial charge in [-0.1, -0.05) is 17.3 Å². The van der Waals surface area contributed by atoms with Gasteiger partial charge in [0.25, 0.3) is 20.0 Å². The Morgan fingerprint density at radius 3 is 2.19 bits per heavy atom. The fourth-order valence-electron chi connectivity index (χ4n) is 2.19. The topological polar surface area (TPSA) is 118 Å². The molecule has 11 heteroatoms. The summed E-state index contributed by atoms with van der Waals surface area (Å²) >= 11 is 0. The maximum atomic E-state index is 13.7. The first-order valence-corrected chi connectivity index (χ1v) is 10.5. The van der Waals surface area contributed by atoms with E-state index in [0.29, 0.717) is 5.76 Å². The monoisotopic (exact) mass is 411 g/mol. The molecule has 8 nitrogen and oxygen atoms in total. The minimum absolute atomic E-state index is 0.0248. The summed E-state index contributed by atoms with van der Waals surface area (Å²) < 4.78 is 72.0. The summed E-state index contributed by atoms with van der Waals surface area (Å²) in [6.45, 7) is 1.61. The van der Waals surface area contributed by atoms with Crippen molar-refractivity contribution in [1.82, 2.24) is 5.16 Å². The number of anilines is 2. The first-order chi connectivity index (χ1) is 12.7. The van der Waals surface area contributed by atoms with Crippen molar-refractivity contribution in [3.63, 3.8) is 0 Å². The van der Waals surface area contributed by atoms with E-state index in [1.165, 1.54) is 42.5 Å². The molecule has 2 N–H and O–H groups in total. The molecule has 0 fully saturated rings. The maximum absolute atomic E-state index is 13.7. The van der Waals surface area contributed by atoms with Gasteiger partial charge in [-0.15, -0.1) is 0 Å². The largest absolute Gasteiger partial charge is 0.360 e. The van der Waals surface area contributed by atoms with Crippen LogP contribution in [0.2, 0.25) is 0 Å². The van der Waals surface area contributed by atoms with Gasteiger partial charge in [0, 0.05) is 11.8 Å². The number of rotatable bonds is 6. The van der Waals surface area contributed by atoms with Crippen molar-refractivity contribution in [3.8, 4) is 0 Å². The van der Waals surface area contributed by atoms with Crippen molar-refractivity contribution in [1.29, 1.82) is 0 Å². The summed E-state index contributed by atoms with van der Waals surface area (Å²) in [7, 11) is -8.08. The Kier molecular flexibility index (Phi) is 4.89. The van der Waals surface area contributed by atoms with E-state index >= 15 is 0 Å². The average Bonchev–Trinajstić information content (AvgIpc) is 2.99. The number of nitrogens with zero attached hydrogens (tertiary/aromatic N) is 1. The Labute approximate surface area is 155 Å². The molecule has 0 aliphatic rings. The van der Waals surface area contributed by atoms with Gasteiger partial charge >= 0.3 is 0 Å². The molecule has 0 radical (unpaired) electrons. The van der Waals surface area contributed by atoms with Crippen molar-refractivity contribution >= 4 is 31.6 Å². The Morgan fingerprint density at radius 2 is 1.59 bits per heavy atom. The van der Waals surface area contributed by atoms with E-state index in [1.807, 2.05) is 0 Å². The molecule has 27 heavy (non-hydrogen) atoms. The second-order valence-corrected chi connectivity index (χ2v) is 8.82. The number of benzene rings is 2. The van der Waals surface area contributed by atoms with Crippen molar-refractivity contribution in [2.45, 2.75) is 16.7 Å². The van der Waals surface area contributed by atoms with E-state index in [9.17, 15) is 21.2 Å². The van der Waals surface area contributed by atoms with Crippen LogP contribution >= 0.6 is 0 Å². The summed E-state index contributed by atoms with van der Waals surface area (Å²) in [4.78, 5) is -0.623. The smallest absolute Gasteiger partial charge is 0.264 e. The highest BCUT2D eigenvalue weighted by molar-refractivity contribution is 7.93. The Bertz CT molecular complexity index is 1170. The lowest BCUT2D eigenvalue weighted by Gasteiger charge is -2.10. The van der Waals surface area contributed by atoms with E-state index in [4.69, 9.17) is 4.52 Å². The second kappa shape index (κ2) is 7.00. The number of halogens is 1. The highest BCUT2D eigenvalue weighted by Gasteiger charge is 2.20. The summed E-state index contributed by atoms with van der Waals surface area (Å²) in [5.74, 6) is -0.432. The molecule has 0 atom stereocenters. The molecule has 0 aliphatic heterocycles. The van der Waals surface area contributed by atoms with E-state index in [1.54, 1.807) is 6.92 Å². The molecule has 0 amide bonds. The normalized spacial score (nSPS) is 11.9. The second-order valence-electron chi connectivity index (χ2n) is 5.49. The predicted molar refractivity (Wildman–Crippen MR) is 95.7 cm³/mol. The molecule has 142 valence electrons. The highest BCUT2D eigenvalue weighted by Crippen LogP contribution is 2.21. The van der Waals surface area contributed by atoms with Crippen molar-refractivity contribution in [2.24, 2.45) is 0 Å². The van der Waals surface area contributed by atoms with Crippen molar-refractivity contribution < 1.29 is 25.7 Å². The van der Waals surface area contributed by atoms with Crippen LogP contribution in [-0.2, 0) is 20.0 Å². The van der Waals surface area contributed by atoms with Gasteiger partial charge in [0.05, 0.1) is 4.90 Å². The first kappa shape index (κ1) is 18.9. The zero-order valence-corrected chi connectivity index (χ0v) is 15.5. The molecule has 0 bridgehead atoms. The van der Waals surface area contributed by atoms with Gasteiger partial charge in [-0.25, -0.2) is 21.2 Å². The summed E-state index contributed by atoms with van der Waals surface area (Å²) in [5.41, 5.74) is 0.0782. The zero-order chi connectivity index (χ0) is 19.7. The maximum Gasteiger partial charge on any atom is 0.264 e. The van der Waals surface area contributed by atoms with Gasteiger partial charge in [0.1, 0.15) is 16.5 Å². The molecule has 2 aromatic carbocycles. The van der Waals surface area contributed by atoms with Crippen LogP contribution in [0.25, 0.3) is 0 Å². The Hall–Kier alpha value is -2.92. The number of aryl methyl sites for hydroxylation is 1. The third kappa shape index (κ3) is 4.26. The molecule has 0 aliphatic carbocycles. The summed E-state index contributed by atoms with van der Waals surface area (Å²) in [6.07, 6.45) is 0. The molecule has 1 aromatic heterocycles. The van der Waals surface area contributed by atoms with Crippen LogP contribution in [0.5, 0.6) is 0 Å². The van der Waals surface area contributed by atoms with E-state index in [-0.39, 0.29) is 16.4 Å². The lowest BCUT2D eigenvalue weighted by Crippen LogP contribution is -2.15. The van der Waals surface area contributed by atoms with E-state index < -0.39 is 30.8 Å². The number of sulfonamides is 2. The fraction of sp³-hybridized carbons (Fsp3) is 0.0625. The van der Waals surface area contributed by atoms with E-state index in [0.717, 1.165) is 12.1 Å². The Morgan fingerprint density at radius 1 is 0.926 bits per heavy atom. The molecule has 0 spiro atoms. The van der Waals surface area contributed by atoms with Crippen LogP contribution < -0.4 is 9.44 Å². The van der Waals surface area contributed by atoms with Crippen molar-refractivity contribution in [2.75, 3.05) is 9.44 Å². The van der Waals surface area contributed by atoms with Gasteiger partial charge < -0.3 is 4.52 Å². The van der Waals surface area contributed by atoms with Crippen LogP contribution in [0.3, 0.4) is 0 Å². The van der Waals surface area contributed by atoms with Gasteiger partial charge in [-0.2, -0.15) is 0 Å². The Balaban J connectivity index is 1.80. The third-order valence-corrected chi connectivity index (χ3v) is 6.20. The molecule has 3 aromatic rings. The third-order valence-electron chi connectivity index (χ3n) is 3.41. The molecule has 0 saturated heterocycles. The lowest BCUT2D eigenvalue weighted by atomic mass is 10.3. The fourth-order valence-corrected chi connectivity index (χ4v) is 4.31. The molecule has 1 heterocycles. The van der Waals surface area contributed by atoms with Crippen LogP contribution in [0, 0.1) is 12.7 Å². The number of nitrogens with one attached hydrogen (secondary N) is 2. The SMILES string of the molecule is Cc1cc(NS(=O)(=O)c2ccc(NS(=O)(=O)c3ccccc3F)cc2)no1. The molecular weight excluding hydrogens is 397 g/mol. The minimum Gasteiger partial charge on any atom is -0.360 e. The number of aromatic nitrogens is 1. The molecule has 0 unspecified atom stereocenters. The van der Waals surface area contributed by atoms with Crippen LogP contribution in [0.4, 0.5) is 15.9 Å². The number of hydrogen-bond donors (Lipinski definition) is 2. The predicted octanol–water partition coefficient (Wildman–Crippen LogP) is 2.72. The molecular formula is C16H14FN3O5S2. The highest BCUT2D eigenvalue weighted by atomic mass is 32.2. The molecule has 3 rings (SSSR count). The van der Waals surface area contributed by atoms with E-state index in [2.05, 4.69) is 14.6 Å². The quantitative estimate of drug-likeness (QED) is 0.644. The van der Waals surface area contributed by atoms with Gasteiger partial charge in [-0.05, 0) is 43.3 Å². The average molecular weight is 411 g/mol. The first-order valence-electron chi connectivity index (χ1n) is 7.51. The zero-order valence-electron chi connectivity index (χ0n) is 13.9. The van der Waals surface area contributed by atoms with Crippen molar-refractivity contribution in [3.05, 3.63) is 66.2 Å². The van der Waals surface area contributed by atoms with Gasteiger partial charge in [-0.3, -0.25) is 9.44 Å². The van der Waals surface area contributed by atoms with Crippen LogP contribution in [0.1, 0.15) is 5.76 Å². The standard InChI is InChI=1S/C16H14FN3O5S2/c1-11-10-16(18-25-11)20-26(21,22)13-8-6-12(7-9-13)19-27(23,24)15-5-3-2-4-14(15)17/h2-10,19H,1H3,(H,18,20). The lowest BCUT2D eigenvalue weighted by molar-refractivity contribution is 0.400. The summed E-state index contributed by atoms with van der Waals surface area (Å²) in [5, 5.41) is 3.54. The molecule has 0 saturated carbocycles. The van der Waals surface area contributed by atoms with Crippen LogP contribution in [-0.4, -0.2) is 22.0 Å². The van der Waals surface area contributed by atoms with Gasteiger partial charge in [0.15, 0.2) is 5.82 Å². The summed E-state index contributed by atoms with van der Waals surface area (Å²) in [6, 6.07) is 11.2. The van der Waals surface area contributed by atoms with Gasteiger partial charge in [0.2, 0.25) is 0 Å². The number of hydrogen-bond acceptors (Lipinski definition) is 6. The van der Waals surface area contributed by atoms with Crippen LogP contribution in [0.15, 0.2) is 68.9 Å².